The van der Waals surface area contributed by atoms with Crippen molar-refractivity contribution in [2.24, 2.45) is 22.2 Å². The van der Waals surface area contributed by atoms with Crippen LogP contribution in [0.15, 0.2) is 11.6 Å². The lowest BCUT2D eigenvalue weighted by molar-refractivity contribution is -0.151. The third-order valence-corrected chi connectivity index (χ3v) is 5.51. The summed E-state index contributed by atoms with van der Waals surface area (Å²) in [5, 5.41) is 0. The number of allylic oxidation sites excluding steroid dienone is 1. The largest absolute Gasteiger partial charge is 0.458 e. The highest BCUT2D eigenvalue weighted by Gasteiger charge is 2.69. The van der Waals surface area contributed by atoms with Crippen molar-refractivity contribution in [3.8, 4) is 0 Å². The Morgan fingerprint density at radius 3 is 2.11 bits per heavy atom. The molecule has 2 nitrogen and oxygen atoms in total. The standard InChI is InChI=1S/C17H28O2/c1-11-8-12(10-15(2,3)9-11)19-14(18)13-16(4,5)17(13,6)7/h8,12-13H,9-10H2,1-7H3. The molecule has 0 saturated heterocycles. The molecule has 0 aromatic heterocycles. The van der Waals surface area contributed by atoms with Crippen molar-refractivity contribution in [3.63, 3.8) is 0 Å². The third kappa shape index (κ3) is 2.46. The molecule has 1 atom stereocenters. The van der Waals surface area contributed by atoms with Crippen molar-refractivity contribution in [1.82, 2.24) is 0 Å². The number of carbonyl (C=O) groups is 1. The number of rotatable bonds is 2. The van der Waals surface area contributed by atoms with Crippen LogP contribution in [0, 0.1) is 22.2 Å². The van der Waals surface area contributed by atoms with Crippen LogP contribution in [0.2, 0.25) is 0 Å². The molecule has 0 heterocycles. The van der Waals surface area contributed by atoms with E-state index in [0.29, 0.717) is 0 Å². The van der Waals surface area contributed by atoms with Gasteiger partial charge in [0.15, 0.2) is 0 Å². The molecule has 108 valence electrons. The van der Waals surface area contributed by atoms with Crippen LogP contribution in [-0.4, -0.2) is 12.1 Å². The molecule has 0 aromatic carbocycles. The molecular weight excluding hydrogens is 236 g/mol. The van der Waals surface area contributed by atoms with Crippen LogP contribution in [0.5, 0.6) is 0 Å². The lowest BCUT2D eigenvalue weighted by atomic mass is 9.76. The Morgan fingerprint density at radius 2 is 1.68 bits per heavy atom. The predicted molar refractivity (Wildman–Crippen MR) is 77.7 cm³/mol. The highest BCUT2D eigenvalue weighted by Crippen LogP contribution is 2.68. The SMILES string of the molecule is CC1=CC(OC(=O)C2C(C)(C)C2(C)C)CC(C)(C)C1. The van der Waals surface area contributed by atoms with Gasteiger partial charge >= 0.3 is 5.97 Å². The average Bonchev–Trinajstić information content (AvgIpc) is 2.52. The first-order chi connectivity index (χ1) is 8.47. The maximum absolute atomic E-state index is 12.4. The highest BCUT2D eigenvalue weighted by atomic mass is 16.5. The Kier molecular flexibility index (Phi) is 3.15. The molecule has 0 spiro atoms. The van der Waals surface area contributed by atoms with Crippen molar-refractivity contribution in [3.05, 3.63) is 11.6 Å². The number of ether oxygens (including phenoxy) is 1. The molecule has 1 fully saturated rings. The molecule has 0 aliphatic heterocycles. The minimum Gasteiger partial charge on any atom is -0.458 e. The number of esters is 1. The summed E-state index contributed by atoms with van der Waals surface area (Å²) in [5.41, 5.74) is 1.70. The van der Waals surface area contributed by atoms with Gasteiger partial charge in [-0.05, 0) is 42.1 Å². The van der Waals surface area contributed by atoms with E-state index in [9.17, 15) is 4.79 Å². The maximum atomic E-state index is 12.4. The molecular formula is C17H28O2. The van der Waals surface area contributed by atoms with Crippen molar-refractivity contribution in [2.45, 2.75) is 67.4 Å². The summed E-state index contributed by atoms with van der Waals surface area (Å²) < 4.78 is 5.78. The Labute approximate surface area is 117 Å². The molecule has 0 amide bonds. The summed E-state index contributed by atoms with van der Waals surface area (Å²) >= 11 is 0. The summed E-state index contributed by atoms with van der Waals surface area (Å²) in [5.74, 6) is 0.0282. The first-order valence-corrected chi connectivity index (χ1v) is 7.35. The molecule has 2 rings (SSSR count). The predicted octanol–water partition coefficient (Wildman–Crippen LogP) is 4.35. The zero-order chi connectivity index (χ0) is 14.6. The average molecular weight is 264 g/mol. The lowest BCUT2D eigenvalue weighted by Gasteiger charge is -2.33. The van der Waals surface area contributed by atoms with Crippen LogP contribution >= 0.6 is 0 Å². The normalized spacial score (nSPS) is 31.5. The third-order valence-electron chi connectivity index (χ3n) is 5.51. The first-order valence-electron chi connectivity index (χ1n) is 7.35. The van der Waals surface area contributed by atoms with Crippen molar-refractivity contribution in [1.29, 1.82) is 0 Å². The molecule has 1 saturated carbocycles. The summed E-state index contributed by atoms with van der Waals surface area (Å²) in [4.78, 5) is 12.4. The lowest BCUT2D eigenvalue weighted by Crippen LogP contribution is -2.29. The minimum absolute atomic E-state index is 0.0123. The molecule has 0 bridgehead atoms. The second-order valence-electron chi connectivity index (χ2n) is 8.41. The van der Waals surface area contributed by atoms with E-state index in [4.69, 9.17) is 4.74 Å². The van der Waals surface area contributed by atoms with E-state index in [1.807, 2.05) is 0 Å². The summed E-state index contributed by atoms with van der Waals surface area (Å²) in [6.07, 6.45) is 4.12. The molecule has 0 radical (unpaired) electrons. The van der Waals surface area contributed by atoms with Gasteiger partial charge in [0.25, 0.3) is 0 Å². The van der Waals surface area contributed by atoms with Gasteiger partial charge in [-0.2, -0.15) is 0 Å². The Bertz CT molecular complexity index is 413. The van der Waals surface area contributed by atoms with Gasteiger partial charge in [-0.25, -0.2) is 0 Å². The fraction of sp³-hybridized carbons (Fsp3) is 0.824. The zero-order valence-electron chi connectivity index (χ0n) is 13.5. The second-order valence-corrected chi connectivity index (χ2v) is 8.41. The fourth-order valence-electron chi connectivity index (χ4n) is 3.89. The van der Waals surface area contributed by atoms with Crippen molar-refractivity contribution >= 4 is 5.97 Å². The van der Waals surface area contributed by atoms with Crippen LogP contribution in [0.25, 0.3) is 0 Å². The number of hydrogen-bond acceptors (Lipinski definition) is 2. The molecule has 2 aliphatic rings. The highest BCUT2D eigenvalue weighted by molar-refractivity contribution is 5.79. The maximum Gasteiger partial charge on any atom is 0.310 e. The van der Waals surface area contributed by atoms with Crippen molar-refractivity contribution in [2.75, 3.05) is 0 Å². The Hall–Kier alpha value is -0.790. The van der Waals surface area contributed by atoms with Gasteiger partial charge in [-0.15, -0.1) is 0 Å². The number of carbonyl (C=O) groups excluding carboxylic acids is 1. The van der Waals surface area contributed by atoms with Crippen LogP contribution in [-0.2, 0) is 9.53 Å². The van der Waals surface area contributed by atoms with Crippen LogP contribution < -0.4 is 0 Å². The van der Waals surface area contributed by atoms with E-state index >= 15 is 0 Å². The van der Waals surface area contributed by atoms with E-state index in [0.717, 1.165) is 12.8 Å². The summed E-state index contributed by atoms with van der Waals surface area (Å²) in [6.45, 7) is 15.3. The summed E-state index contributed by atoms with van der Waals surface area (Å²) in [6, 6.07) is 0. The fourth-order valence-corrected chi connectivity index (χ4v) is 3.89. The molecule has 19 heavy (non-hydrogen) atoms. The Morgan fingerprint density at radius 1 is 1.16 bits per heavy atom. The summed E-state index contributed by atoms with van der Waals surface area (Å²) in [7, 11) is 0. The van der Waals surface area contributed by atoms with E-state index in [2.05, 4.69) is 54.5 Å². The van der Waals surface area contributed by atoms with Crippen LogP contribution in [0.3, 0.4) is 0 Å². The first kappa shape index (κ1) is 14.6. The molecule has 1 unspecified atom stereocenters. The van der Waals surface area contributed by atoms with Crippen LogP contribution in [0.4, 0.5) is 0 Å². The number of hydrogen-bond donors (Lipinski definition) is 0. The van der Waals surface area contributed by atoms with Gasteiger partial charge in [0.2, 0.25) is 0 Å². The smallest absolute Gasteiger partial charge is 0.310 e. The topological polar surface area (TPSA) is 26.3 Å². The van der Waals surface area contributed by atoms with Gasteiger partial charge < -0.3 is 4.74 Å². The van der Waals surface area contributed by atoms with Gasteiger partial charge in [0, 0.05) is 0 Å². The van der Waals surface area contributed by atoms with Gasteiger partial charge in [-0.1, -0.05) is 47.1 Å². The quantitative estimate of drug-likeness (QED) is 0.547. The van der Waals surface area contributed by atoms with Gasteiger partial charge in [0.1, 0.15) is 6.10 Å². The molecule has 2 aliphatic carbocycles. The Balaban J connectivity index is 2.04. The van der Waals surface area contributed by atoms with Crippen molar-refractivity contribution < 1.29 is 9.53 Å². The minimum atomic E-state index is -0.0385. The van der Waals surface area contributed by atoms with E-state index < -0.39 is 0 Å². The van der Waals surface area contributed by atoms with E-state index in [1.165, 1.54) is 5.57 Å². The molecule has 0 aromatic rings. The zero-order valence-corrected chi connectivity index (χ0v) is 13.5. The van der Waals surface area contributed by atoms with E-state index in [-0.39, 0.29) is 34.2 Å². The monoisotopic (exact) mass is 264 g/mol. The van der Waals surface area contributed by atoms with E-state index in [1.54, 1.807) is 0 Å². The molecule has 0 N–H and O–H groups in total. The van der Waals surface area contributed by atoms with Gasteiger partial charge in [0.05, 0.1) is 5.92 Å². The van der Waals surface area contributed by atoms with Crippen LogP contribution in [0.1, 0.15) is 61.3 Å². The molecule has 2 heteroatoms. The van der Waals surface area contributed by atoms with Gasteiger partial charge in [-0.3, -0.25) is 4.79 Å². The second kappa shape index (κ2) is 4.10.